The van der Waals surface area contributed by atoms with Crippen molar-refractivity contribution in [1.82, 2.24) is 4.90 Å². The molecule has 0 radical (unpaired) electrons. The lowest BCUT2D eigenvalue weighted by atomic mass is 10.0. The Morgan fingerprint density at radius 2 is 1.81 bits per heavy atom. The second-order valence-electron chi connectivity index (χ2n) is 6.64. The Balaban J connectivity index is 1.58. The molecule has 1 saturated heterocycles. The van der Waals surface area contributed by atoms with Crippen LogP contribution in [0.3, 0.4) is 0 Å². The molecule has 136 valence electrons. The second-order valence-corrected chi connectivity index (χ2v) is 6.64. The molecule has 0 aliphatic carbocycles. The van der Waals surface area contributed by atoms with Gasteiger partial charge in [-0.25, -0.2) is 0 Å². The van der Waals surface area contributed by atoms with Crippen molar-refractivity contribution in [1.29, 1.82) is 0 Å². The van der Waals surface area contributed by atoms with E-state index in [1.54, 1.807) is 7.11 Å². The van der Waals surface area contributed by atoms with Gasteiger partial charge in [-0.15, -0.1) is 0 Å². The third-order valence-corrected chi connectivity index (χ3v) is 5.01. The molecule has 26 heavy (non-hydrogen) atoms. The molecule has 0 saturated carbocycles. The van der Waals surface area contributed by atoms with E-state index in [2.05, 4.69) is 6.07 Å². The first-order valence-electron chi connectivity index (χ1n) is 9.11. The molecule has 0 unspecified atom stereocenters. The molecule has 0 N–H and O–H groups in total. The lowest BCUT2D eigenvalue weighted by molar-refractivity contribution is 0.0735. The highest BCUT2D eigenvalue weighted by atomic mass is 16.5. The van der Waals surface area contributed by atoms with Crippen LogP contribution < -0.4 is 14.2 Å². The molecule has 0 bridgehead atoms. The number of fused-ring (bicyclic) bond motifs is 1. The van der Waals surface area contributed by atoms with Crippen LogP contribution in [0.2, 0.25) is 0 Å². The summed E-state index contributed by atoms with van der Waals surface area (Å²) in [6.07, 6.45) is 2.85. The molecule has 0 aromatic heterocycles. The van der Waals surface area contributed by atoms with Crippen LogP contribution >= 0.6 is 0 Å². The van der Waals surface area contributed by atoms with Gasteiger partial charge in [0.15, 0.2) is 11.5 Å². The topological polar surface area (TPSA) is 48.0 Å². The average molecular weight is 353 g/mol. The summed E-state index contributed by atoms with van der Waals surface area (Å²) in [5.41, 5.74) is 1.79. The van der Waals surface area contributed by atoms with E-state index in [0.717, 1.165) is 48.6 Å². The smallest absolute Gasteiger partial charge is 0.254 e. The van der Waals surface area contributed by atoms with Gasteiger partial charge in [0.25, 0.3) is 5.91 Å². The highest BCUT2D eigenvalue weighted by Gasteiger charge is 2.31. The predicted molar refractivity (Wildman–Crippen MR) is 98.1 cm³/mol. The van der Waals surface area contributed by atoms with E-state index in [1.165, 1.54) is 0 Å². The third kappa shape index (κ3) is 3.21. The van der Waals surface area contributed by atoms with Crippen LogP contribution in [0, 0.1) is 0 Å². The third-order valence-electron chi connectivity index (χ3n) is 5.01. The minimum Gasteiger partial charge on any atom is -0.497 e. The number of amides is 1. The van der Waals surface area contributed by atoms with Gasteiger partial charge in [-0.05, 0) is 54.8 Å². The molecule has 2 aliphatic rings. The highest BCUT2D eigenvalue weighted by Crippen LogP contribution is 2.38. The molecule has 5 nitrogen and oxygen atoms in total. The fourth-order valence-electron chi connectivity index (χ4n) is 3.64. The zero-order valence-electron chi connectivity index (χ0n) is 14.9. The maximum absolute atomic E-state index is 13.0. The summed E-state index contributed by atoms with van der Waals surface area (Å²) in [4.78, 5) is 15.0. The van der Waals surface area contributed by atoms with E-state index in [9.17, 15) is 4.79 Å². The van der Waals surface area contributed by atoms with Crippen molar-refractivity contribution >= 4 is 5.91 Å². The van der Waals surface area contributed by atoms with Crippen LogP contribution in [0.15, 0.2) is 42.5 Å². The van der Waals surface area contributed by atoms with Crippen molar-refractivity contribution in [3.05, 3.63) is 53.6 Å². The minimum absolute atomic E-state index is 0.0577. The van der Waals surface area contributed by atoms with Gasteiger partial charge < -0.3 is 19.1 Å². The fourth-order valence-corrected chi connectivity index (χ4v) is 3.64. The normalized spacial score (nSPS) is 19.1. The molecule has 1 amide bonds. The number of ether oxygens (including phenoxy) is 3. The van der Waals surface area contributed by atoms with Crippen LogP contribution in [-0.4, -0.2) is 37.7 Å². The Hall–Kier alpha value is -2.69. The van der Waals surface area contributed by atoms with Crippen molar-refractivity contribution in [3.63, 3.8) is 0 Å². The molecular formula is C21H23NO4. The Kier molecular flexibility index (Phi) is 4.69. The lowest BCUT2D eigenvalue weighted by Crippen LogP contribution is -2.30. The molecule has 1 fully saturated rings. The first-order chi connectivity index (χ1) is 12.8. The summed E-state index contributed by atoms with van der Waals surface area (Å²) < 4.78 is 16.7. The standard InChI is InChI=1S/C21H23NO4/c1-24-17-8-5-15(6-9-17)21(23)22-11-2-4-18(22)16-7-10-19-20(14-16)26-13-3-12-25-19/h5-10,14,18H,2-4,11-13H2,1H3/t18-/m1/s1. The molecule has 2 aromatic carbocycles. The Morgan fingerprint density at radius 3 is 2.58 bits per heavy atom. The second kappa shape index (κ2) is 7.28. The number of methoxy groups -OCH3 is 1. The number of likely N-dealkylation sites (tertiary alicyclic amines) is 1. The van der Waals surface area contributed by atoms with Gasteiger partial charge in [0.1, 0.15) is 5.75 Å². The first-order valence-corrected chi connectivity index (χ1v) is 9.11. The molecule has 5 heteroatoms. The van der Waals surface area contributed by atoms with Crippen molar-refractivity contribution < 1.29 is 19.0 Å². The quantitative estimate of drug-likeness (QED) is 0.841. The van der Waals surface area contributed by atoms with Crippen LogP contribution in [0.1, 0.15) is 41.2 Å². The molecule has 0 spiro atoms. The van der Waals surface area contributed by atoms with Gasteiger partial charge in [-0.1, -0.05) is 6.07 Å². The number of carbonyl (C=O) groups excluding carboxylic acids is 1. The summed E-state index contributed by atoms with van der Waals surface area (Å²) >= 11 is 0. The van der Waals surface area contributed by atoms with Crippen LogP contribution in [0.25, 0.3) is 0 Å². The largest absolute Gasteiger partial charge is 0.497 e. The molecule has 2 heterocycles. The molecular weight excluding hydrogens is 330 g/mol. The van der Waals surface area contributed by atoms with Crippen LogP contribution in [0.5, 0.6) is 17.2 Å². The predicted octanol–water partition coefficient (Wildman–Crippen LogP) is 3.83. The Morgan fingerprint density at radius 1 is 1.04 bits per heavy atom. The van der Waals surface area contributed by atoms with Crippen molar-refractivity contribution in [2.45, 2.75) is 25.3 Å². The van der Waals surface area contributed by atoms with Crippen molar-refractivity contribution in [2.75, 3.05) is 26.9 Å². The van der Waals surface area contributed by atoms with Crippen molar-refractivity contribution in [2.24, 2.45) is 0 Å². The zero-order valence-corrected chi connectivity index (χ0v) is 14.9. The maximum atomic E-state index is 13.0. The number of nitrogens with zero attached hydrogens (tertiary/aromatic N) is 1. The lowest BCUT2D eigenvalue weighted by Gasteiger charge is -2.26. The molecule has 2 aliphatic heterocycles. The number of rotatable bonds is 3. The monoisotopic (exact) mass is 353 g/mol. The van der Waals surface area contributed by atoms with E-state index in [4.69, 9.17) is 14.2 Å². The van der Waals surface area contributed by atoms with Gasteiger partial charge in [0.05, 0.1) is 26.4 Å². The summed E-state index contributed by atoms with van der Waals surface area (Å²) in [5.74, 6) is 2.38. The molecule has 2 aromatic rings. The van der Waals surface area contributed by atoms with Crippen LogP contribution in [0.4, 0.5) is 0 Å². The maximum Gasteiger partial charge on any atom is 0.254 e. The van der Waals surface area contributed by atoms with E-state index < -0.39 is 0 Å². The fraction of sp³-hybridized carbons (Fsp3) is 0.381. The van der Waals surface area contributed by atoms with Crippen molar-refractivity contribution in [3.8, 4) is 17.2 Å². The summed E-state index contributed by atoms with van der Waals surface area (Å²) in [6, 6.07) is 13.4. The highest BCUT2D eigenvalue weighted by molar-refractivity contribution is 5.94. The van der Waals surface area contributed by atoms with E-state index in [1.807, 2.05) is 41.3 Å². The minimum atomic E-state index is 0.0577. The molecule has 4 rings (SSSR count). The van der Waals surface area contributed by atoms with Gasteiger partial charge in [-0.3, -0.25) is 4.79 Å². The number of carbonyl (C=O) groups is 1. The SMILES string of the molecule is COc1ccc(C(=O)N2CCC[C@@H]2c2ccc3c(c2)OCCCO3)cc1. The van der Waals surface area contributed by atoms with Gasteiger partial charge in [-0.2, -0.15) is 0 Å². The van der Waals surface area contributed by atoms with E-state index in [0.29, 0.717) is 18.8 Å². The number of hydrogen-bond donors (Lipinski definition) is 0. The first kappa shape index (κ1) is 16.8. The number of benzene rings is 2. The Bertz CT molecular complexity index is 787. The number of hydrogen-bond acceptors (Lipinski definition) is 4. The van der Waals surface area contributed by atoms with Gasteiger partial charge in [0.2, 0.25) is 0 Å². The zero-order chi connectivity index (χ0) is 17.9. The van der Waals surface area contributed by atoms with E-state index >= 15 is 0 Å². The van der Waals surface area contributed by atoms with E-state index in [-0.39, 0.29) is 11.9 Å². The van der Waals surface area contributed by atoms with Gasteiger partial charge in [0, 0.05) is 18.5 Å². The Labute approximate surface area is 153 Å². The van der Waals surface area contributed by atoms with Gasteiger partial charge >= 0.3 is 0 Å². The molecule has 1 atom stereocenters. The summed E-state index contributed by atoms with van der Waals surface area (Å²) in [7, 11) is 1.62. The summed E-state index contributed by atoms with van der Waals surface area (Å²) in [6.45, 7) is 2.11. The summed E-state index contributed by atoms with van der Waals surface area (Å²) in [5, 5.41) is 0. The average Bonchev–Trinajstić information content (AvgIpc) is 3.06. The van der Waals surface area contributed by atoms with Crippen LogP contribution in [-0.2, 0) is 0 Å².